The molecule has 0 atom stereocenters. The molecule has 2 heterocycles. The third kappa shape index (κ3) is 3.75. The molecule has 4 aromatic rings. The topological polar surface area (TPSA) is 77.1 Å². The van der Waals surface area contributed by atoms with Crippen molar-refractivity contribution < 1.29 is 9.21 Å². The van der Waals surface area contributed by atoms with Crippen LogP contribution in [0.25, 0.3) is 22.1 Å². The number of hydrogen-bond acceptors (Lipinski definition) is 5. The Balaban J connectivity index is 1.61. The molecule has 4 rings (SSSR count). The molecule has 1 N–H and O–H groups in total. The lowest BCUT2D eigenvalue weighted by molar-refractivity contribution is -0.113. The van der Waals surface area contributed by atoms with Gasteiger partial charge < -0.3 is 9.73 Å². The van der Waals surface area contributed by atoms with Crippen LogP contribution in [0, 0.1) is 6.92 Å². The zero-order chi connectivity index (χ0) is 20.5. The van der Waals surface area contributed by atoms with Crippen LogP contribution in [-0.4, -0.2) is 21.2 Å². The van der Waals surface area contributed by atoms with Crippen LogP contribution in [0.1, 0.15) is 12.5 Å². The molecule has 0 bridgehead atoms. The summed E-state index contributed by atoms with van der Waals surface area (Å²) in [5, 5.41) is 4.67. The van der Waals surface area contributed by atoms with Gasteiger partial charge in [0.1, 0.15) is 11.1 Å². The highest BCUT2D eigenvalue weighted by Gasteiger charge is 2.17. The zero-order valence-electron chi connectivity index (χ0n) is 15.9. The number of rotatable bonds is 5. The second-order valence-corrected chi connectivity index (χ2v) is 7.87. The first-order valence-electron chi connectivity index (χ1n) is 9.08. The van der Waals surface area contributed by atoms with Crippen LogP contribution in [0.15, 0.2) is 56.8 Å². The number of carbonyl (C=O) groups is 1. The van der Waals surface area contributed by atoms with Gasteiger partial charge in [-0.05, 0) is 43.7 Å². The van der Waals surface area contributed by atoms with Crippen LogP contribution in [0.3, 0.4) is 0 Å². The molecular formula is C21H18ClN3O3S. The van der Waals surface area contributed by atoms with Gasteiger partial charge in [-0.2, -0.15) is 0 Å². The van der Waals surface area contributed by atoms with Gasteiger partial charge in [0.15, 0.2) is 5.16 Å². The average molecular weight is 428 g/mol. The van der Waals surface area contributed by atoms with Gasteiger partial charge in [0, 0.05) is 22.6 Å². The van der Waals surface area contributed by atoms with E-state index in [9.17, 15) is 9.59 Å². The quantitative estimate of drug-likeness (QED) is 0.363. The number of para-hydroxylation sites is 1. The van der Waals surface area contributed by atoms with Crippen molar-refractivity contribution in [1.29, 1.82) is 0 Å². The highest BCUT2D eigenvalue weighted by Crippen LogP contribution is 2.27. The second-order valence-electron chi connectivity index (χ2n) is 6.52. The lowest BCUT2D eigenvalue weighted by atomic mass is 10.2. The largest absolute Gasteiger partial charge is 0.448 e. The summed E-state index contributed by atoms with van der Waals surface area (Å²) in [4.78, 5) is 29.9. The fourth-order valence-corrected chi connectivity index (χ4v) is 4.08. The Bertz CT molecular complexity index is 1300. The molecule has 2 aromatic heterocycles. The monoisotopic (exact) mass is 427 g/mol. The SMILES string of the molecule is CCn1c(SCC(=O)Nc2ccc(C)c(Cl)c2)nc2c(oc3ccccc32)c1=O. The summed E-state index contributed by atoms with van der Waals surface area (Å²) in [6, 6.07) is 12.7. The molecule has 0 aliphatic heterocycles. The minimum absolute atomic E-state index is 0.110. The van der Waals surface area contributed by atoms with E-state index in [1.165, 1.54) is 16.3 Å². The van der Waals surface area contributed by atoms with E-state index in [1.807, 2.05) is 38.1 Å². The summed E-state index contributed by atoms with van der Waals surface area (Å²) in [7, 11) is 0. The molecule has 0 unspecified atom stereocenters. The highest BCUT2D eigenvalue weighted by molar-refractivity contribution is 7.99. The lowest BCUT2D eigenvalue weighted by Crippen LogP contribution is -2.23. The predicted molar refractivity (Wildman–Crippen MR) is 117 cm³/mol. The summed E-state index contributed by atoms with van der Waals surface area (Å²) in [6.45, 7) is 4.18. The van der Waals surface area contributed by atoms with E-state index >= 15 is 0 Å². The van der Waals surface area contributed by atoms with Crippen molar-refractivity contribution in [3.05, 3.63) is 63.4 Å². The first kappa shape index (κ1) is 19.5. The number of benzene rings is 2. The van der Waals surface area contributed by atoms with Gasteiger partial charge in [-0.25, -0.2) is 4.98 Å². The Morgan fingerprint density at radius 1 is 1.28 bits per heavy atom. The van der Waals surface area contributed by atoms with E-state index in [2.05, 4.69) is 10.3 Å². The van der Waals surface area contributed by atoms with Crippen molar-refractivity contribution in [3.8, 4) is 0 Å². The van der Waals surface area contributed by atoms with Crippen molar-refractivity contribution in [2.75, 3.05) is 11.1 Å². The first-order valence-corrected chi connectivity index (χ1v) is 10.4. The van der Waals surface area contributed by atoms with Crippen LogP contribution in [0.5, 0.6) is 0 Å². The van der Waals surface area contributed by atoms with Gasteiger partial charge >= 0.3 is 0 Å². The van der Waals surface area contributed by atoms with E-state index in [0.29, 0.717) is 33.5 Å². The van der Waals surface area contributed by atoms with Crippen molar-refractivity contribution in [1.82, 2.24) is 9.55 Å². The highest BCUT2D eigenvalue weighted by atomic mass is 35.5. The molecule has 0 aliphatic rings. The van der Waals surface area contributed by atoms with Crippen molar-refractivity contribution in [3.63, 3.8) is 0 Å². The Morgan fingerprint density at radius 3 is 2.83 bits per heavy atom. The summed E-state index contributed by atoms with van der Waals surface area (Å²) in [5.41, 5.74) is 2.69. The van der Waals surface area contributed by atoms with E-state index < -0.39 is 0 Å². The van der Waals surface area contributed by atoms with Crippen LogP contribution in [0.2, 0.25) is 5.02 Å². The number of halogens is 1. The van der Waals surface area contributed by atoms with Gasteiger partial charge in [0.2, 0.25) is 11.5 Å². The maximum atomic E-state index is 12.9. The molecule has 1 amide bonds. The molecule has 148 valence electrons. The van der Waals surface area contributed by atoms with Crippen molar-refractivity contribution in [2.45, 2.75) is 25.5 Å². The molecule has 0 saturated heterocycles. The van der Waals surface area contributed by atoms with Crippen LogP contribution in [-0.2, 0) is 11.3 Å². The number of anilines is 1. The third-order valence-electron chi connectivity index (χ3n) is 4.55. The maximum absolute atomic E-state index is 12.9. The molecule has 0 aliphatic carbocycles. The number of hydrogen-bond donors (Lipinski definition) is 1. The molecule has 0 fully saturated rings. The maximum Gasteiger partial charge on any atom is 0.297 e. The van der Waals surface area contributed by atoms with E-state index in [0.717, 1.165) is 10.9 Å². The number of thioether (sulfide) groups is 1. The fourth-order valence-electron chi connectivity index (χ4n) is 3.04. The number of aryl methyl sites for hydroxylation is 1. The molecule has 8 heteroatoms. The van der Waals surface area contributed by atoms with Gasteiger partial charge in [0.25, 0.3) is 5.56 Å². The second kappa shape index (κ2) is 7.93. The molecule has 6 nitrogen and oxygen atoms in total. The van der Waals surface area contributed by atoms with Crippen LogP contribution < -0.4 is 10.9 Å². The number of nitrogens with one attached hydrogen (secondary N) is 1. The molecule has 2 aromatic carbocycles. The van der Waals surface area contributed by atoms with Crippen LogP contribution >= 0.6 is 23.4 Å². The average Bonchev–Trinajstić information content (AvgIpc) is 3.08. The number of furan rings is 1. The molecule has 29 heavy (non-hydrogen) atoms. The van der Waals surface area contributed by atoms with Gasteiger partial charge in [-0.3, -0.25) is 14.2 Å². The van der Waals surface area contributed by atoms with E-state index in [1.54, 1.807) is 18.2 Å². The summed E-state index contributed by atoms with van der Waals surface area (Å²) < 4.78 is 7.23. The summed E-state index contributed by atoms with van der Waals surface area (Å²) in [6.07, 6.45) is 0. The Kier molecular flexibility index (Phi) is 5.34. The summed E-state index contributed by atoms with van der Waals surface area (Å²) >= 11 is 7.32. The Morgan fingerprint density at radius 2 is 2.07 bits per heavy atom. The third-order valence-corrected chi connectivity index (χ3v) is 5.93. The minimum atomic E-state index is -0.248. The molecular weight excluding hydrogens is 410 g/mol. The van der Waals surface area contributed by atoms with Crippen molar-refractivity contribution >= 4 is 57.0 Å². The normalized spacial score (nSPS) is 11.3. The number of amides is 1. The number of fused-ring (bicyclic) bond motifs is 3. The van der Waals surface area contributed by atoms with Gasteiger partial charge in [-0.1, -0.05) is 41.6 Å². The molecule has 0 radical (unpaired) electrons. The predicted octanol–water partition coefficient (Wildman–Crippen LogP) is 4.86. The van der Waals surface area contributed by atoms with E-state index in [4.69, 9.17) is 16.0 Å². The zero-order valence-corrected chi connectivity index (χ0v) is 17.4. The van der Waals surface area contributed by atoms with Crippen molar-refractivity contribution in [2.24, 2.45) is 0 Å². The number of carbonyl (C=O) groups excluding carboxylic acids is 1. The van der Waals surface area contributed by atoms with E-state index in [-0.39, 0.29) is 22.8 Å². The standard InChI is InChI=1S/C21H18ClN3O3S/c1-3-25-20(27)19-18(14-6-4-5-7-16(14)28-19)24-21(25)29-11-17(26)23-13-9-8-12(2)15(22)10-13/h4-10H,3,11H2,1-2H3,(H,23,26). The Hall–Kier alpha value is -2.77. The Labute approximate surface area is 175 Å². The van der Waals surface area contributed by atoms with Gasteiger partial charge in [0.05, 0.1) is 5.75 Å². The lowest BCUT2D eigenvalue weighted by Gasteiger charge is -2.10. The first-order chi connectivity index (χ1) is 14.0. The number of aromatic nitrogens is 2. The summed E-state index contributed by atoms with van der Waals surface area (Å²) in [5.74, 6) is -0.0943. The van der Waals surface area contributed by atoms with Crippen LogP contribution in [0.4, 0.5) is 5.69 Å². The fraction of sp³-hybridized carbons (Fsp3) is 0.190. The smallest absolute Gasteiger partial charge is 0.297 e. The molecule has 0 spiro atoms. The number of nitrogens with zero attached hydrogens (tertiary/aromatic N) is 2. The molecule has 0 saturated carbocycles. The van der Waals surface area contributed by atoms with Gasteiger partial charge in [-0.15, -0.1) is 0 Å². The minimum Gasteiger partial charge on any atom is -0.448 e.